The zero-order valence-electron chi connectivity index (χ0n) is 18.7. The molecule has 1 saturated heterocycles. The average Bonchev–Trinajstić information content (AvgIpc) is 2.99. The lowest BCUT2D eigenvalue weighted by atomic mass is 9.92. The highest BCUT2D eigenvalue weighted by molar-refractivity contribution is 6.46. The summed E-state index contributed by atoms with van der Waals surface area (Å²) in [5, 5.41) is 11.1. The number of hydrogen-bond donors (Lipinski definition) is 1. The Morgan fingerprint density at radius 3 is 2.35 bits per heavy atom. The van der Waals surface area contributed by atoms with Crippen LogP contribution in [0.25, 0.3) is 5.76 Å². The number of Topliss-reactive ketones (excluding diaryl/α,β-unsaturated/α-hetero) is 1. The van der Waals surface area contributed by atoms with E-state index in [1.54, 1.807) is 29.2 Å². The van der Waals surface area contributed by atoms with Crippen LogP contribution in [0.4, 0.5) is 0 Å². The highest BCUT2D eigenvalue weighted by Crippen LogP contribution is 2.40. The van der Waals surface area contributed by atoms with E-state index in [-0.39, 0.29) is 17.4 Å². The Hall–Kier alpha value is -3.08. The smallest absolute Gasteiger partial charge is 0.295 e. The van der Waals surface area contributed by atoms with Gasteiger partial charge in [-0.3, -0.25) is 9.59 Å². The molecule has 0 aromatic heterocycles. The number of aliphatic hydroxyl groups excluding tert-OH is 1. The molecule has 0 bridgehead atoms. The maximum absolute atomic E-state index is 13.0. The number of ketones is 1. The number of aryl methyl sites for hydroxylation is 1. The lowest BCUT2D eigenvalue weighted by Gasteiger charge is -2.26. The van der Waals surface area contributed by atoms with Crippen molar-refractivity contribution in [1.29, 1.82) is 0 Å². The molecule has 0 spiro atoms. The Balaban J connectivity index is 2.07. The molecule has 5 heteroatoms. The lowest BCUT2D eigenvalue weighted by Crippen LogP contribution is -2.31. The van der Waals surface area contributed by atoms with Crippen LogP contribution in [0.2, 0.25) is 0 Å². The van der Waals surface area contributed by atoms with Crippen molar-refractivity contribution < 1.29 is 19.4 Å². The van der Waals surface area contributed by atoms with E-state index in [9.17, 15) is 14.7 Å². The van der Waals surface area contributed by atoms with Gasteiger partial charge in [-0.25, -0.2) is 0 Å². The first kappa shape index (κ1) is 22.6. The molecule has 0 aliphatic carbocycles. The molecule has 5 nitrogen and oxygen atoms in total. The van der Waals surface area contributed by atoms with Crippen molar-refractivity contribution in [2.45, 2.75) is 59.1 Å². The van der Waals surface area contributed by atoms with Gasteiger partial charge in [0.2, 0.25) is 0 Å². The van der Waals surface area contributed by atoms with Crippen LogP contribution in [0.1, 0.15) is 62.8 Å². The minimum atomic E-state index is -0.634. The van der Waals surface area contributed by atoms with E-state index in [1.807, 2.05) is 45.0 Å². The first-order valence-corrected chi connectivity index (χ1v) is 11.0. The molecule has 1 aliphatic heterocycles. The summed E-state index contributed by atoms with van der Waals surface area (Å²) in [5.74, 6) is -0.655. The highest BCUT2D eigenvalue weighted by atomic mass is 16.5. The predicted octanol–water partition coefficient (Wildman–Crippen LogP) is 5.39. The molecule has 2 aromatic rings. The average molecular weight is 422 g/mol. The van der Waals surface area contributed by atoms with Gasteiger partial charge in [0.15, 0.2) is 0 Å². The number of carbonyl (C=O) groups is 2. The van der Waals surface area contributed by atoms with Crippen molar-refractivity contribution in [3.8, 4) is 5.75 Å². The van der Waals surface area contributed by atoms with E-state index >= 15 is 0 Å². The maximum atomic E-state index is 13.0. The fourth-order valence-electron chi connectivity index (χ4n) is 3.98. The number of likely N-dealkylation sites (tertiary alicyclic amines) is 1. The number of aliphatic hydroxyl groups is 1. The molecule has 1 N–H and O–H groups in total. The number of nitrogens with zero attached hydrogens (tertiary/aromatic N) is 1. The summed E-state index contributed by atoms with van der Waals surface area (Å²) in [6, 6.07) is 14.1. The second kappa shape index (κ2) is 9.82. The first-order chi connectivity index (χ1) is 14.8. The molecule has 1 amide bonds. The van der Waals surface area contributed by atoms with Crippen LogP contribution < -0.4 is 4.74 Å². The van der Waals surface area contributed by atoms with Crippen LogP contribution in [0.5, 0.6) is 5.75 Å². The molecular weight excluding hydrogens is 390 g/mol. The number of rotatable bonds is 8. The van der Waals surface area contributed by atoms with E-state index in [4.69, 9.17) is 4.74 Å². The number of ether oxygens (including phenoxy) is 1. The van der Waals surface area contributed by atoms with Gasteiger partial charge in [-0.15, -0.1) is 0 Å². The quantitative estimate of drug-likeness (QED) is 0.268. The number of hydrogen-bond acceptors (Lipinski definition) is 4. The summed E-state index contributed by atoms with van der Waals surface area (Å²) in [6.45, 7) is 8.42. The SMILES string of the molecule is CCCCCN1C(=O)C(=O)/C(=C(\O)c2ccc(OC(C)C)cc2)C1c1ccccc1C. The monoisotopic (exact) mass is 421 g/mol. The second-order valence-corrected chi connectivity index (χ2v) is 8.25. The molecule has 2 aromatic carbocycles. The van der Waals surface area contributed by atoms with E-state index in [2.05, 4.69) is 6.92 Å². The van der Waals surface area contributed by atoms with Crippen LogP contribution in [0, 0.1) is 6.92 Å². The summed E-state index contributed by atoms with van der Waals surface area (Å²) in [4.78, 5) is 27.6. The van der Waals surface area contributed by atoms with E-state index in [0.717, 1.165) is 30.4 Å². The Morgan fingerprint density at radius 1 is 1.06 bits per heavy atom. The number of amides is 1. The predicted molar refractivity (Wildman–Crippen MR) is 122 cm³/mol. The second-order valence-electron chi connectivity index (χ2n) is 8.25. The Bertz CT molecular complexity index is 975. The number of unbranched alkanes of at least 4 members (excludes halogenated alkanes) is 2. The Morgan fingerprint density at radius 2 is 1.74 bits per heavy atom. The summed E-state index contributed by atoms with van der Waals surface area (Å²) in [6.07, 6.45) is 2.84. The molecular formula is C26H31NO4. The highest BCUT2D eigenvalue weighted by Gasteiger charge is 2.46. The summed E-state index contributed by atoms with van der Waals surface area (Å²) in [5.41, 5.74) is 2.47. The number of benzene rings is 2. The molecule has 1 aliphatic rings. The van der Waals surface area contributed by atoms with Gasteiger partial charge in [0.05, 0.1) is 17.7 Å². The summed E-state index contributed by atoms with van der Waals surface area (Å²) < 4.78 is 5.66. The standard InChI is InChI=1S/C26H31NO4/c1-5-6-9-16-27-23(21-11-8-7-10-18(21)4)22(25(29)26(27)30)24(28)19-12-14-20(15-13-19)31-17(2)3/h7-8,10-15,17,23,28H,5-6,9,16H2,1-4H3/b24-22-. The van der Waals surface area contributed by atoms with Crippen LogP contribution in [-0.4, -0.2) is 34.3 Å². The fraction of sp³-hybridized carbons (Fsp3) is 0.385. The van der Waals surface area contributed by atoms with Crippen LogP contribution in [0.3, 0.4) is 0 Å². The van der Waals surface area contributed by atoms with Gasteiger partial charge in [0.25, 0.3) is 11.7 Å². The van der Waals surface area contributed by atoms with Gasteiger partial charge in [-0.1, -0.05) is 44.0 Å². The molecule has 0 radical (unpaired) electrons. The fourth-order valence-corrected chi connectivity index (χ4v) is 3.98. The van der Waals surface area contributed by atoms with Gasteiger partial charge in [-0.05, 0) is 62.6 Å². The van der Waals surface area contributed by atoms with Crippen LogP contribution in [0.15, 0.2) is 54.1 Å². The summed E-state index contributed by atoms with van der Waals surface area (Å²) in [7, 11) is 0. The van der Waals surface area contributed by atoms with Crippen LogP contribution >= 0.6 is 0 Å². The molecule has 164 valence electrons. The van der Waals surface area contributed by atoms with Crippen molar-refractivity contribution in [3.63, 3.8) is 0 Å². The third-order valence-corrected chi connectivity index (χ3v) is 5.53. The maximum Gasteiger partial charge on any atom is 0.295 e. The van der Waals surface area contributed by atoms with Crippen molar-refractivity contribution in [3.05, 3.63) is 70.8 Å². The topological polar surface area (TPSA) is 66.8 Å². The van der Waals surface area contributed by atoms with Crippen LogP contribution in [-0.2, 0) is 9.59 Å². The molecule has 31 heavy (non-hydrogen) atoms. The Labute approximate surface area is 184 Å². The van der Waals surface area contributed by atoms with Crippen molar-refractivity contribution in [2.75, 3.05) is 6.54 Å². The first-order valence-electron chi connectivity index (χ1n) is 11.0. The van der Waals surface area contributed by atoms with E-state index in [0.29, 0.717) is 17.9 Å². The lowest BCUT2D eigenvalue weighted by molar-refractivity contribution is -0.139. The molecule has 3 rings (SSSR count). The summed E-state index contributed by atoms with van der Waals surface area (Å²) >= 11 is 0. The zero-order chi connectivity index (χ0) is 22.5. The third-order valence-electron chi connectivity index (χ3n) is 5.53. The largest absolute Gasteiger partial charge is 0.507 e. The molecule has 1 atom stereocenters. The normalized spacial score (nSPS) is 18.1. The minimum Gasteiger partial charge on any atom is -0.507 e. The van der Waals surface area contributed by atoms with Gasteiger partial charge in [-0.2, -0.15) is 0 Å². The van der Waals surface area contributed by atoms with Gasteiger partial charge in [0, 0.05) is 12.1 Å². The third kappa shape index (κ3) is 4.82. The van der Waals surface area contributed by atoms with Gasteiger partial charge in [0.1, 0.15) is 11.5 Å². The number of carbonyl (C=O) groups excluding carboxylic acids is 2. The van der Waals surface area contributed by atoms with Gasteiger partial charge >= 0.3 is 0 Å². The van der Waals surface area contributed by atoms with E-state index in [1.165, 1.54) is 0 Å². The minimum absolute atomic E-state index is 0.0361. The van der Waals surface area contributed by atoms with Crippen molar-refractivity contribution in [1.82, 2.24) is 4.90 Å². The Kier molecular flexibility index (Phi) is 7.16. The molecule has 1 unspecified atom stereocenters. The molecule has 1 heterocycles. The van der Waals surface area contributed by atoms with Crippen molar-refractivity contribution in [2.24, 2.45) is 0 Å². The van der Waals surface area contributed by atoms with Gasteiger partial charge < -0.3 is 14.7 Å². The molecule has 0 saturated carbocycles. The zero-order valence-corrected chi connectivity index (χ0v) is 18.7. The van der Waals surface area contributed by atoms with E-state index < -0.39 is 17.7 Å². The molecule has 1 fully saturated rings. The van der Waals surface area contributed by atoms with Crippen molar-refractivity contribution >= 4 is 17.4 Å².